The molecule has 0 rings (SSSR count). The molecule has 4 N–H and O–H groups in total. The standard InChI is InChI=1S/C35H71NO4/c1-3-5-7-9-11-13-15-16-17-18-19-21-23-25-27-29-34(39)33(31-37)36-35(40)30-32(38)28-26-24-22-20-14-12-10-8-6-4-2/h32-34,37-39H,3-31H2,1-2H3,(H,36,40). The zero-order valence-corrected chi connectivity index (χ0v) is 27.0. The van der Waals surface area contributed by atoms with E-state index in [1.54, 1.807) is 0 Å². The van der Waals surface area contributed by atoms with Crippen LogP contribution < -0.4 is 5.32 Å². The van der Waals surface area contributed by atoms with Crippen LogP contribution in [0.25, 0.3) is 0 Å². The molecule has 0 radical (unpaired) electrons. The summed E-state index contributed by atoms with van der Waals surface area (Å²) in [6.07, 6.45) is 31.9. The maximum atomic E-state index is 12.3. The van der Waals surface area contributed by atoms with Crippen LogP contribution in [0.4, 0.5) is 0 Å². The number of aliphatic hydroxyl groups excluding tert-OH is 3. The molecule has 0 saturated carbocycles. The first-order valence-electron chi connectivity index (χ1n) is 17.8. The Morgan fingerprint density at radius 2 is 0.850 bits per heavy atom. The molecular formula is C35H71NO4. The Morgan fingerprint density at radius 3 is 1.20 bits per heavy atom. The van der Waals surface area contributed by atoms with E-state index < -0.39 is 18.2 Å². The van der Waals surface area contributed by atoms with Crippen molar-refractivity contribution in [1.29, 1.82) is 0 Å². The minimum atomic E-state index is -0.741. The average Bonchev–Trinajstić information content (AvgIpc) is 2.94. The van der Waals surface area contributed by atoms with Gasteiger partial charge in [-0.25, -0.2) is 0 Å². The Morgan fingerprint density at radius 1 is 0.525 bits per heavy atom. The van der Waals surface area contributed by atoms with Gasteiger partial charge in [-0.15, -0.1) is 0 Å². The molecule has 0 fully saturated rings. The predicted octanol–water partition coefficient (Wildman–Crippen LogP) is 9.15. The van der Waals surface area contributed by atoms with Crippen molar-refractivity contribution in [3.05, 3.63) is 0 Å². The van der Waals surface area contributed by atoms with Crippen LogP contribution in [0, 0.1) is 0 Å². The lowest BCUT2D eigenvalue weighted by atomic mass is 10.0. The van der Waals surface area contributed by atoms with Crippen molar-refractivity contribution >= 4 is 5.91 Å². The summed E-state index contributed by atoms with van der Waals surface area (Å²) >= 11 is 0. The molecule has 0 heterocycles. The van der Waals surface area contributed by atoms with E-state index in [2.05, 4.69) is 19.2 Å². The quantitative estimate of drug-likeness (QED) is 0.0608. The van der Waals surface area contributed by atoms with E-state index in [9.17, 15) is 20.1 Å². The van der Waals surface area contributed by atoms with Gasteiger partial charge in [0.05, 0.1) is 31.3 Å². The molecule has 5 nitrogen and oxygen atoms in total. The highest BCUT2D eigenvalue weighted by Gasteiger charge is 2.21. The van der Waals surface area contributed by atoms with Gasteiger partial charge in [-0.1, -0.05) is 174 Å². The minimum Gasteiger partial charge on any atom is -0.394 e. The van der Waals surface area contributed by atoms with Crippen molar-refractivity contribution in [2.75, 3.05) is 6.61 Å². The van der Waals surface area contributed by atoms with Gasteiger partial charge < -0.3 is 20.6 Å². The smallest absolute Gasteiger partial charge is 0.222 e. The number of amides is 1. The Labute approximate surface area is 249 Å². The lowest BCUT2D eigenvalue weighted by Crippen LogP contribution is -2.46. The lowest BCUT2D eigenvalue weighted by molar-refractivity contribution is -0.125. The van der Waals surface area contributed by atoms with Gasteiger partial charge in [0.25, 0.3) is 0 Å². The fourth-order valence-corrected chi connectivity index (χ4v) is 5.64. The minimum absolute atomic E-state index is 0.0413. The molecule has 0 aliphatic rings. The van der Waals surface area contributed by atoms with Gasteiger partial charge in [0, 0.05) is 0 Å². The van der Waals surface area contributed by atoms with Crippen molar-refractivity contribution in [3.8, 4) is 0 Å². The topological polar surface area (TPSA) is 89.8 Å². The lowest BCUT2D eigenvalue weighted by Gasteiger charge is -2.23. The summed E-state index contributed by atoms with van der Waals surface area (Å²) in [5, 5.41) is 33.1. The molecule has 1 amide bonds. The summed E-state index contributed by atoms with van der Waals surface area (Å²) in [6, 6.07) is -0.649. The van der Waals surface area contributed by atoms with Crippen LogP contribution in [0.2, 0.25) is 0 Å². The maximum absolute atomic E-state index is 12.3. The molecular weight excluding hydrogens is 498 g/mol. The zero-order chi connectivity index (χ0) is 29.5. The van der Waals surface area contributed by atoms with Gasteiger partial charge in [-0.3, -0.25) is 4.79 Å². The number of carbonyl (C=O) groups is 1. The van der Waals surface area contributed by atoms with Crippen molar-refractivity contribution < 1.29 is 20.1 Å². The van der Waals surface area contributed by atoms with E-state index in [1.807, 2.05) is 0 Å². The first-order valence-corrected chi connectivity index (χ1v) is 17.8. The number of unbranched alkanes of at least 4 members (excludes halogenated alkanes) is 23. The molecule has 0 saturated heterocycles. The number of hydrogen-bond donors (Lipinski definition) is 4. The number of aliphatic hydroxyl groups is 3. The van der Waals surface area contributed by atoms with Crippen molar-refractivity contribution in [2.24, 2.45) is 0 Å². The Bertz CT molecular complexity index is 516. The summed E-state index contributed by atoms with van der Waals surface area (Å²) < 4.78 is 0. The zero-order valence-electron chi connectivity index (χ0n) is 27.0. The third kappa shape index (κ3) is 27.5. The summed E-state index contributed by atoms with van der Waals surface area (Å²) in [5.74, 6) is -0.283. The molecule has 0 bridgehead atoms. The highest BCUT2D eigenvalue weighted by molar-refractivity contribution is 5.76. The van der Waals surface area contributed by atoms with E-state index in [0.29, 0.717) is 12.8 Å². The molecule has 5 heteroatoms. The van der Waals surface area contributed by atoms with Crippen LogP contribution in [0.5, 0.6) is 0 Å². The second-order valence-electron chi connectivity index (χ2n) is 12.5. The molecule has 0 aromatic carbocycles. The summed E-state index contributed by atoms with van der Waals surface area (Å²) in [4.78, 5) is 12.3. The monoisotopic (exact) mass is 570 g/mol. The van der Waals surface area contributed by atoms with Crippen LogP contribution >= 0.6 is 0 Å². The van der Waals surface area contributed by atoms with Gasteiger partial charge in [0.1, 0.15) is 0 Å². The van der Waals surface area contributed by atoms with Gasteiger partial charge in [-0.2, -0.15) is 0 Å². The molecule has 40 heavy (non-hydrogen) atoms. The van der Waals surface area contributed by atoms with E-state index in [4.69, 9.17) is 0 Å². The third-order valence-electron chi connectivity index (χ3n) is 8.42. The molecule has 0 aromatic heterocycles. The molecule has 0 aromatic rings. The molecule has 0 aliphatic carbocycles. The second-order valence-corrected chi connectivity index (χ2v) is 12.5. The van der Waals surface area contributed by atoms with Crippen LogP contribution in [0.15, 0.2) is 0 Å². The Hall–Kier alpha value is -0.650. The first kappa shape index (κ1) is 39.4. The highest BCUT2D eigenvalue weighted by Crippen LogP contribution is 2.16. The van der Waals surface area contributed by atoms with Crippen LogP contribution in [-0.2, 0) is 4.79 Å². The Balaban J connectivity index is 3.66. The van der Waals surface area contributed by atoms with Crippen molar-refractivity contribution in [1.82, 2.24) is 5.32 Å². The van der Waals surface area contributed by atoms with Gasteiger partial charge in [0.2, 0.25) is 5.91 Å². The van der Waals surface area contributed by atoms with E-state index in [0.717, 1.165) is 25.7 Å². The molecule has 3 atom stereocenters. The summed E-state index contributed by atoms with van der Waals surface area (Å²) in [6.45, 7) is 4.24. The van der Waals surface area contributed by atoms with E-state index >= 15 is 0 Å². The normalized spacial score (nSPS) is 13.8. The fraction of sp³-hybridized carbons (Fsp3) is 0.971. The van der Waals surface area contributed by atoms with E-state index in [1.165, 1.54) is 135 Å². The average molecular weight is 570 g/mol. The van der Waals surface area contributed by atoms with Crippen LogP contribution in [-0.4, -0.2) is 46.1 Å². The van der Waals surface area contributed by atoms with Crippen LogP contribution in [0.1, 0.15) is 194 Å². The van der Waals surface area contributed by atoms with E-state index in [-0.39, 0.29) is 18.9 Å². The molecule has 0 aliphatic heterocycles. The van der Waals surface area contributed by atoms with Gasteiger partial charge in [-0.05, 0) is 12.8 Å². The predicted molar refractivity (Wildman–Crippen MR) is 172 cm³/mol. The molecule has 3 unspecified atom stereocenters. The van der Waals surface area contributed by atoms with Gasteiger partial charge in [0.15, 0.2) is 0 Å². The number of carbonyl (C=O) groups excluding carboxylic acids is 1. The van der Waals surface area contributed by atoms with Crippen molar-refractivity contribution in [2.45, 2.75) is 212 Å². The fourth-order valence-electron chi connectivity index (χ4n) is 5.64. The summed E-state index contributed by atoms with van der Waals surface area (Å²) in [7, 11) is 0. The number of rotatable bonds is 32. The second kappa shape index (κ2) is 31.3. The first-order chi connectivity index (χ1) is 19.5. The molecule has 0 spiro atoms. The summed E-state index contributed by atoms with van der Waals surface area (Å²) in [5.41, 5.74) is 0. The number of nitrogens with one attached hydrogen (secondary N) is 1. The van der Waals surface area contributed by atoms with Crippen molar-refractivity contribution in [3.63, 3.8) is 0 Å². The SMILES string of the molecule is CCCCCCCCCCCCCCCCCC(O)C(CO)NC(=O)CC(O)CCCCCCCCCCCC. The van der Waals surface area contributed by atoms with Gasteiger partial charge >= 0.3 is 0 Å². The highest BCUT2D eigenvalue weighted by atomic mass is 16.3. The third-order valence-corrected chi connectivity index (χ3v) is 8.42. The Kier molecular flexibility index (Phi) is 30.8. The van der Waals surface area contributed by atoms with Crippen LogP contribution in [0.3, 0.4) is 0 Å². The molecule has 240 valence electrons. The maximum Gasteiger partial charge on any atom is 0.222 e. The number of hydrogen-bond acceptors (Lipinski definition) is 4. The largest absolute Gasteiger partial charge is 0.394 e.